The SMILES string of the molecule is Fc1cccc(SCc2ccccc2)n1.[H-].[Na+]. The molecule has 0 aliphatic rings. The molecule has 1 heterocycles. The molecular weight excluding hydrogens is 232 g/mol. The van der Waals surface area contributed by atoms with Crippen LogP contribution < -0.4 is 29.6 Å². The number of rotatable bonds is 3. The molecule has 0 aliphatic carbocycles. The van der Waals surface area contributed by atoms with Crippen LogP contribution >= 0.6 is 11.8 Å². The third-order valence-electron chi connectivity index (χ3n) is 1.92. The van der Waals surface area contributed by atoms with Crippen molar-refractivity contribution in [2.45, 2.75) is 10.8 Å². The number of hydrogen-bond donors (Lipinski definition) is 0. The minimum Gasteiger partial charge on any atom is -1.00 e. The summed E-state index contributed by atoms with van der Waals surface area (Å²) in [6.45, 7) is 0. The van der Waals surface area contributed by atoms with E-state index >= 15 is 0 Å². The van der Waals surface area contributed by atoms with Crippen LogP contribution in [0.1, 0.15) is 6.99 Å². The third kappa shape index (κ3) is 4.26. The summed E-state index contributed by atoms with van der Waals surface area (Å²) in [6.07, 6.45) is 0. The van der Waals surface area contributed by atoms with E-state index < -0.39 is 5.95 Å². The zero-order valence-electron chi connectivity index (χ0n) is 10.1. The van der Waals surface area contributed by atoms with Crippen molar-refractivity contribution in [2.75, 3.05) is 0 Å². The number of benzene rings is 1. The summed E-state index contributed by atoms with van der Waals surface area (Å²) >= 11 is 1.54. The topological polar surface area (TPSA) is 12.9 Å². The molecule has 16 heavy (non-hydrogen) atoms. The fourth-order valence-electron chi connectivity index (χ4n) is 1.20. The zero-order valence-corrected chi connectivity index (χ0v) is 11.9. The van der Waals surface area contributed by atoms with E-state index in [0.29, 0.717) is 0 Å². The maximum Gasteiger partial charge on any atom is 1.00 e. The smallest absolute Gasteiger partial charge is 1.00 e. The van der Waals surface area contributed by atoms with Crippen LogP contribution in [0.3, 0.4) is 0 Å². The number of pyridine rings is 1. The van der Waals surface area contributed by atoms with Crippen molar-refractivity contribution in [3.05, 3.63) is 60.0 Å². The second kappa shape index (κ2) is 7.07. The Labute approximate surface area is 122 Å². The van der Waals surface area contributed by atoms with Crippen LogP contribution in [-0.2, 0) is 5.75 Å². The number of hydrogen-bond acceptors (Lipinski definition) is 2. The van der Waals surface area contributed by atoms with Crippen molar-refractivity contribution < 1.29 is 35.4 Å². The van der Waals surface area contributed by atoms with Crippen LogP contribution in [0, 0.1) is 5.95 Å². The van der Waals surface area contributed by atoms with Crippen LogP contribution in [0.2, 0.25) is 0 Å². The van der Waals surface area contributed by atoms with E-state index in [9.17, 15) is 4.39 Å². The molecule has 0 spiro atoms. The molecular formula is C12H11FNNaS. The molecule has 0 fully saturated rings. The third-order valence-corrected chi connectivity index (χ3v) is 2.92. The second-order valence-electron chi connectivity index (χ2n) is 3.07. The molecule has 0 aliphatic heterocycles. The Balaban J connectivity index is 0.00000128. The Morgan fingerprint density at radius 2 is 1.81 bits per heavy atom. The molecule has 1 aromatic carbocycles. The maximum atomic E-state index is 12.8. The van der Waals surface area contributed by atoms with Crippen molar-refractivity contribution >= 4 is 11.8 Å². The Morgan fingerprint density at radius 3 is 2.50 bits per heavy atom. The molecule has 0 N–H and O–H groups in total. The van der Waals surface area contributed by atoms with Crippen LogP contribution in [0.25, 0.3) is 0 Å². The van der Waals surface area contributed by atoms with E-state index in [1.54, 1.807) is 6.07 Å². The van der Waals surface area contributed by atoms with Crippen molar-refractivity contribution in [3.63, 3.8) is 0 Å². The van der Waals surface area contributed by atoms with Gasteiger partial charge in [0.25, 0.3) is 0 Å². The fourth-order valence-corrected chi connectivity index (χ4v) is 2.04. The summed E-state index contributed by atoms with van der Waals surface area (Å²) in [5, 5.41) is 0.721. The molecule has 1 nitrogen and oxygen atoms in total. The molecule has 0 bridgehead atoms. The van der Waals surface area contributed by atoms with Gasteiger partial charge >= 0.3 is 29.6 Å². The summed E-state index contributed by atoms with van der Waals surface area (Å²) in [4.78, 5) is 3.78. The molecule has 0 unspecified atom stereocenters. The first kappa shape index (κ1) is 13.7. The van der Waals surface area contributed by atoms with Gasteiger partial charge in [0.2, 0.25) is 5.95 Å². The minimum atomic E-state index is -0.423. The molecule has 0 radical (unpaired) electrons. The Morgan fingerprint density at radius 1 is 1.06 bits per heavy atom. The molecule has 2 rings (SSSR count). The van der Waals surface area contributed by atoms with Crippen LogP contribution in [0.4, 0.5) is 4.39 Å². The van der Waals surface area contributed by atoms with Gasteiger partial charge in [-0.25, -0.2) is 4.98 Å². The van der Waals surface area contributed by atoms with Gasteiger partial charge in [-0.1, -0.05) is 36.4 Å². The van der Waals surface area contributed by atoms with Gasteiger partial charge in [-0.15, -0.1) is 11.8 Å². The van der Waals surface area contributed by atoms with Crippen molar-refractivity contribution in [1.82, 2.24) is 4.98 Å². The zero-order chi connectivity index (χ0) is 10.5. The molecule has 0 saturated carbocycles. The Hall–Kier alpha value is -0.350. The van der Waals surface area contributed by atoms with Gasteiger partial charge < -0.3 is 1.43 Å². The molecule has 78 valence electrons. The number of thioether (sulfide) groups is 1. The molecule has 0 amide bonds. The summed E-state index contributed by atoms with van der Waals surface area (Å²) in [7, 11) is 0. The van der Waals surface area contributed by atoms with Gasteiger partial charge in [-0.05, 0) is 17.7 Å². The summed E-state index contributed by atoms with van der Waals surface area (Å²) in [5.74, 6) is 0.394. The van der Waals surface area contributed by atoms with E-state index in [2.05, 4.69) is 4.98 Å². The van der Waals surface area contributed by atoms with Gasteiger partial charge in [-0.2, -0.15) is 4.39 Å². The van der Waals surface area contributed by atoms with E-state index in [-0.39, 0.29) is 31.0 Å². The first-order chi connectivity index (χ1) is 7.34. The molecule has 1 aromatic heterocycles. The molecule has 0 atom stereocenters. The second-order valence-corrected chi connectivity index (χ2v) is 4.07. The van der Waals surface area contributed by atoms with E-state index in [1.165, 1.54) is 23.4 Å². The predicted molar refractivity (Wildman–Crippen MR) is 61.3 cm³/mol. The average molecular weight is 243 g/mol. The normalized spacial score (nSPS) is 9.56. The van der Waals surface area contributed by atoms with Gasteiger partial charge in [0.15, 0.2) is 0 Å². The first-order valence-corrected chi connectivity index (χ1v) is 5.62. The monoisotopic (exact) mass is 243 g/mol. The summed E-state index contributed by atoms with van der Waals surface area (Å²) in [5.41, 5.74) is 1.22. The van der Waals surface area contributed by atoms with Gasteiger partial charge in [0, 0.05) is 5.75 Å². The summed E-state index contributed by atoms with van der Waals surface area (Å²) < 4.78 is 12.8. The predicted octanol–water partition coefficient (Wildman–Crippen LogP) is 0.630. The van der Waals surface area contributed by atoms with Crippen molar-refractivity contribution in [1.29, 1.82) is 0 Å². The van der Waals surface area contributed by atoms with E-state index in [0.717, 1.165) is 10.8 Å². The number of halogens is 1. The first-order valence-electron chi connectivity index (χ1n) is 4.64. The largest absolute Gasteiger partial charge is 1.00 e. The molecule has 0 saturated heterocycles. The summed E-state index contributed by atoms with van der Waals surface area (Å²) in [6, 6.07) is 14.9. The fraction of sp³-hybridized carbons (Fsp3) is 0.0833. The van der Waals surface area contributed by atoms with E-state index in [1.807, 2.05) is 36.4 Å². The number of nitrogens with zero attached hydrogens (tertiary/aromatic N) is 1. The van der Waals surface area contributed by atoms with Crippen molar-refractivity contribution in [3.8, 4) is 0 Å². The van der Waals surface area contributed by atoms with Gasteiger partial charge in [-0.3, -0.25) is 0 Å². The minimum absolute atomic E-state index is 0. The van der Waals surface area contributed by atoms with Crippen LogP contribution in [-0.4, -0.2) is 4.98 Å². The van der Waals surface area contributed by atoms with Gasteiger partial charge in [0.05, 0.1) is 5.03 Å². The van der Waals surface area contributed by atoms with Gasteiger partial charge in [0.1, 0.15) is 0 Å². The van der Waals surface area contributed by atoms with Crippen molar-refractivity contribution in [2.24, 2.45) is 0 Å². The quantitative estimate of drug-likeness (QED) is 0.445. The standard InChI is InChI=1S/C12H10FNS.Na.H/c13-11-7-4-8-12(14-11)15-9-10-5-2-1-3-6-10;;/h1-8H,9H2;;/q;+1;-1. The Kier molecular flexibility index (Phi) is 6.06. The van der Waals surface area contributed by atoms with E-state index in [4.69, 9.17) is 0 Å². The average Bonchev–Trinajstić information content (AvgIpc) is 2.28. The van der Waals surface area contributed by atoms with Crippen LogP contribution in [0.5, 0.6) is 0 Å². The Bertz CT molecular complexity index is 442. The van der Waals surface area contributed by atoms with Crippen LogP contribution in [0.15, 0.2) is 53.6 Å². The number of aromatic nitrogens is 1. The molecule has 4 heteroatoms. The molecule has 2 aromatic rings. The maximum absolute atomic E-state index is 12.8.